The van der Waals surface area contributed by atoms with Crippen LogP contribution < -0.4 is 0 Å². The average molecular weight is 231 g/mol. The number of hydrogen-bond donors (Lipinski definition) is 0. The molecule has 0 amide bonds. The lowest BCUT2D eigenvalue weighted by Gasteiger charge is -2.42. The summed E-state index contributed by atoms with van der Waals surface area (Å²) >= 11 is 0. The molecule has 0 unspecified atom stereocenters. The molecule has 0 aromatic heterocycles. The first kappa shape index (κ1) is 11.2. The molecule has 2 bridgehead atoms. The van der Waals surface area contributed by atoms with Gasteiger partial charge in [-0.25, -0.2) is 0 Å². The Morgan fingerprint density at radius 3 is 2.53 bits per heavy atom. The molecule has 3 atom stereocenters. The van der Waals surface area contributed by atoms with Gasteiger partial charge in [-0.15, -0.1) is 0 Å². The molecule has 1 fully saturated rings. The first-order chi connectivity index (χ1) is 8.24. The Hall–Kier alpha value is -0.860. The first-order valence-electron chi connectivity index (χ1n) is 6.63. The van der Waals surface area contributed by atoms with Crippen molar-refractivity contribution in [2.24, 2.45) is 0 Å². The van der Waals surface area contributed by atoms with Crippen molar-refractivity contribution in [3.05, 3.63) is 35.4 Å². The average Bonchev–Trinajstić information content (AvgIpc) is 2.59. The number of piperidine rings is 1. The van der Waals surface area contributed by atoms with E-state index in [0.717, 1.165) is 0 Å². The molecule has 0 saturated carbocycles. The molecule has 1 aromatic carbocycles. The van der Waals surface area contributed by atoms with Crippen molar-refractivity contribution in [1.82, 2.24) is 4.90 Å². The van der Waals surface area contributed by atoms with Gasteiger partial charge in [-0.1, -0.05) is 24.3 Å². The fraction of sp³-hybridized carbons (Fsp3) is 0.600. The fourth-order valence-electron chi connectivity index (χ4n) is 3.70. The summed E-state index contributed by atoms with van der Waals surface area (Å²) in [6.45, 7) is 4.59. The summed E-state index contributed by atoms with van der Waals surface area (Å²) < 4.78 is 5.72. The van der Waals surface area contributed by atoms with Gasteiger partial charge in [0.25, 0.3) is 0 Å². The highest BCUT2D eigenvalue weighted by molar-refractivity contribution is 5.40. The zero-order chi connectivity index (χ0) is 12.0. The Morgan fingerprint density at radius 1 is 1.18 bits per heavy atom. The topological polar surface area (TPSA) is 12.5 Å². The lowest BCUT2D eigenvalue weighted by Crippen LogP contribution is -2.42. The number of rotatable bonds is 2. The molecule has 0 spiro atoms. The monoisotopic (exact) mass is 231 g/mol. The highest BCUT2D eigenvalue weighted by Gasteiger charge is 2.46. The van der Waals surface area contributed by atoms with Crippen LogP contribution in [0.25, 0.3) is 0 Å². The molecular weight excluding hydrogens is 210 g/mol. The maximum absolute atomic E-state index is 5.72. The molecule has 2 heterocycles. The predicted molar refractivity (Wildman–Crippen MR) is 68.9 cm³/mol. The second kappa shape index (κ2) is 4.11. The van der Waals surface area contributed by atoms with Crippen molar-refractivity contribution in [1.29, 1.82) is 0 Å². The van der Waals surface area contributed by atoms with Crippen molar-refractivity contribution in [3.63, 3.8) is 0 Å². The first-order valence-corrected chi connectivity index (χ1v) is 6.63. The van der Waals surface area contributed by atoms with E-state index in [2.05, 4.69) is 43.0 Å². The van der Waals surface area contributed by atoms with Crippen LogP contribution in [0.2, 0.25) is 0 Å². The SMILES string of the molecule is CO[C@H]1CC[C@@H]2c3ccccc3[C@H]1N2C(C)C. The number of nitrogens with zero attached hydrogens (tertiary/aromatic N) is 1. The molecule has 2 aliphatic rings. The molecule has 1 saturated heterocycles. The minimum atomic E-state index is 0.359. The van der Waals surface area contributed by atoms with Gasteiger partial charge in [0.15, 0.2) is 0 Å². The van der Waals surface area contributed by atoms with Gasteiger partial charge in [-0.3, -0.25) is 4.90 Å². The second-order valence-corrected chi connectivity index (χ2v) is 5.48. The van der Waals surface area contributed by atoms with Crippen LogP contribution in [0, 0.1) is 0 Å². The molecule has 2 heteroatoms. The van der Waals surface area contributed by atoms with Crippen molar-refractivity contribution < 1.29 is 4.74 Å². The van der Waals surface area contributed by atoms with Crippen LogP contribution >= 0.6 is 0 Å². The van der Waals surface area contributed by atoms with Crippen LogP contribution in [0.3, 0.4) is 0 Å². The third-order valence-corrected chi connectivity index (χ3v) is 4.33. The molecule has 92 valence electrons. The Bertz CT molecular complexity index is 415. The van der Waals surface area contributed by atoms with Crippen LogP contribution in [0.5, 0.6) is 0 Å². The van der Waals surface area contributed by atoms with Crippen LogP contribution in [-0.4, -0.2) is 24.2 Å². The minimum absolute atomic E-state index is 0.359. The smallest absolute Gasteiger partial charge is 0.0769 e. The van der Waals surface area contributed by atoms with E-state index >= 15 is 0 Å². The molecule has 3 rings (SSSR count). The summed E-state index contributed by atoms with van der Waals surface area (Å²) in [4.78, 5) is 2.64. The van der Waals surface area contributed by atoms with Crippen molar-refractivity contribution in [3.8, 4) is 0 Å². The summed E-state index contributed by atoms with van der Waals surface area (Å²) in [6, 6.07) is 10.6. The number of ether oxygens (including phenoxy) is 1. The quantitative estimate of drug-likeness (QED) is 0.774. The summed E-state index contributed by atoms with van der Waals surface area (Å²) in [5.74, 6) is 0. The van der Waals surface area contributed by atoms with Gasteiger partial charge in [0.2, 0.25) is 0 Å². The molecule has 2 nitrogen and oxygen atoms in total. The third kappa shape index (κ3) is 1.54. The standard InChI is InChI=1S/C15H21NO/c1-10(2)16-13-8-9-14(17-3)15(16)12-7-5-4-6-11(12)13/h4-7,10,13-15H,8-9H2,1-3H3/t13-,14+,15-/m1/s1. The lowest BCUT2D eigenvalue weighted by atomic mass is 9.96. The Labute approximate surface area is 104 Å². The number of hydrogen-bond acceptors (Lipinski definition) is 2. The molecule has 0 aliphatic carbocycles. The van der Waals surface area contributed by atoms with Crippen molar-refractivity contribution in [2.75, 3.05) is 7.11 Å². The molecule has 2 aliphatic heterocycles. The minimum Gasteiger partial charge on any atom is -0.379 e. The van der Waals surface area contributed by atoms with Gasteiger partial charge >= 0.3 is 0 Å². The Balaban J connectivity index is 2.09. The van der Waals surface area contributed by atoms with E-state index in [1.54, 1.807) is 0 Å². The van der Waals surface area contributed by atoms with E-state index in [-0.39, 0.29) is 0 Å². The van der Waals surface area contributed by atoms with Gasteiger partial charge in [0, 0.05) is 19.2 Å². The summed E-state index contributed by atoms with van der Waals surface area (Å²) in [6.07, 6.45) is 2.77. The summed E-state index contributed by atoms with van der Waals surface area (Å²) in [5.41, 5.74) is 3.03. The van der Waals surface area contributed by atoms with Crippen LogP contribution in [0.15, 0.2) is 24.3 Å². The maximum Gasteiger partial charge on any atom is 0.0769 e. The molecule has 1 aromatic rings. The van der Waals surface area contributed by atoms with Gasteiger partial charge in [-0.2, -0.15) is 0 Å². The van der Waals surface area contributed by atoms with E-state index in [1.807, 2.05) is 7.11 Å². The van der Waals surface area contributed by atoms with Crippen LogP contribution in [-0.2, 0) is 4.74 Å². The summed E-state index contributed by atoms with van der Waals surface area (Å²) in [5, 5.41) is 0. The molecule has 0 radical (unpaired) electrons. The highest BCUT2D eigenvalue weighted by Crippen LogP contribution is 2.52. The summed E-state index contributed by atoms with van der Waals surface area (Å²) in [7, 11) is 1.85. The number of fused-ring (bicyclic) bond motifs is 5. The van der Waals surface area contributed by atoms with Gasteiger partial charge in [0.05, 0.1) is 12.1 Å². The highest BCUT2D eigenvalue weighted by atomic mass is 16.5. The van der Waals surface area contributed by atoms with Crippen LogP contribution in [0.4, 0.5) is 0 Å². The second-order valence-electron chi connectivity index (χ2n) is 5.48. The largest absolute Gasteiger partial charge is 0.379 e. The number of methoxy groups -OCH3 is 1. The van der Waals surface area contributed by atoms with E-state index < -0.39 is 0 Å². The van der Waals surface area contributed by atoms with Crippen molar-refractivity contribution >= 4 is 0 Å². The molecule has 17 heavy (non-hydrogen) atoms. The predicted octanol–water partition coefficient (Wildman–Crippen LogP) is 3.30. The van der Waals surface area contributed by atoms with E-state index in [0.29, 0.717) is 24.2 Å². The normalized spacial score (nSPS) is 31.9. The molecular formula is C15H21NO. The third-order valence-electron chi connectivity index (χ3n) is 4.33. The van der Waals surface area contributed by atoms with E-state index in [1.165, 1.54) is 24.0 Å². The van der Waals surface area contributed by atoms with Crippen molar-refractivity contribution in [2.45, 2.75) is 50.9 Å². The van der Waals surface area contributed by atoms with Gasteiger partial charge < -0.3 is 4.74 Å². The zero-order valence-electron chi connectivity index (χ0n) is 10.9. The Morgan fingerprint density at radius 2 is 1.88 bits per heavy atom. The van der Waals surface area contributed by atoms with E-state index in [4.69, 9.17) is 4.74 Å². The zero-order valence-corrected chi connectivity index (χ0v) is 10.9. The van der Waals surface area contributed by atoms with Crippen LogP contribution in [0.1, 0.15) is 49.9 Å². The Kier molecular flexibility index (Phi) is 2.72. The van der Waals surface area contributed by atoms with Gasteiger partial charge in [-0.05, 0) is 37.8 Å². The van der Waals surface area contributed by atoms with E-state index in [9.17, 15) is 0 Å². The van der Waals surface area contributed by atoms with Gasteiger partial charge in [0.1, 0.15) is 0 Å². The fourth-order valence-corrected chi connectivity index (χ4v) is 3.70. The maximum atomic E-state index is 5.72. The lowest BCUT2D eigenvalue weighted by molar-refractivity contribution is -0.0466. The molecule has 0 N–H and O–H groups in total. The number of benzene rings is 1.